The molecule has 0 atom stereocenters. The van der Waals surface area contributed by atoms with Crippen LogP contribution in [0.3, 0.4) is 0 Å². The van der Waals surface area contributed by atoms with E-state index in [9.17, 15) is 0 Å². The van der Waals surface area contributed by atoms with Crippen LogP contribution in [0.2, 0.25) is 0 Å². The molecule has 0 spiro atoms. The van der Waals surface area contributed by atoms with Crippen molar-refractivity contribution in [2.45, 2.75) is 6.54 Å². The molecule has 0 amide bonds. The van der Waals surface area contributed by atoms with E-state index in [4.69, 9.17) is 0 Å². The lowest BCUT2D eigenvalue weighted by Crippen LogP contribution is -2.52. The van der Waals surface area contributed by atoms with Crippen molar-refractivity contribution in [3.63, 3.8) is 0 Å². The van der Waals surface area contributed by atoms with E-state index in [1.807, 2.05) is 37.1 Å². The first-order chi connectivity index (χ1) is 12.8. The molecule has 0 bridgehead atoms. The predicted octanol–water partition coefficient (Wildman–Crippen LogP) is 2.44. The molecule has 0 radical (unpaired) electrons. The number of piperazine rings is 1. The Bertz CT molecular complexity index is 732. The third-order valence-corrected chi connectivity index (χ3v) is 4.71. The number of aryl methyl sites for hydroxylation is 1. The zero-order chi connectivity index (χ0) is 18.2. The number of benzene rings is 1. The third-order valence-electron chi connectivity index (χ3n) is 4.71. The van der Waals surface area contributed by atoms with Gasteiger partial charge in [-0.2, -0.15) is 5.10 Å². The number of rotatable bonds is 5. The summed E-state index contributed by atoms with van der Waals surface area (Å²) in [6.45, 7) is 5.80. The van der Waals surface area contributed by atoms with Crippen LogP contribution in [0.25, 0.3) is 6.08 Å². The van der Waals surface area contributed by atoms with Gasteiger partial charge in [0.05, 0.1) is 12.2 Å². The largest absolute Gasteiger partial charge is 0.351 e. The lowest BCUT2D eigenvalue weighted by atomic mass is 10.2. The number of hydrogen-bond donors (Lipinski definition) is 1. The third kappa shape index (κ3) is 6.35. The maximum Gasteiger partial charge on any atom is 0.194 e. The first-order valence-corrected chi connectivity index (χ1v) is 9.12. The Kier molecular flexibility index (Phi) is 8.80. The molecule has 2 aromatic rings. The molecule has 0 aliphatic carbocycles. The second-order valence-electron chi connectivity index (χ2n) is 6.45. The van der Waals surface area contributed by atoms with Crippen LogP contribution >= 0.6 is 24.0 Å². The Morgan fingerprint density at radius 1 is 1.15 bits per heavy atom. The molecule has 1 aromatic carbocycles. The molecule has 0 unspecified atom stereocenters. The van der Waals surface area contributed by atoms with Crippen LogP contribution in [-0.2, 0) is 13.6 Å². The standard InChI is InChI=1S/C20H28N6.HI/c1-21-20(22-17-19-10-11-23-24(19)2)26-15-13-25(14-16-26)12-6-9-18-7-4-3-5-8-18;/h3-11H,12-17H2,1-2H3,(H,21,22);1H. The van der Waals surface area contributed by atoms with Crippen LogP contribution in [0.4, 0.5) is 0 Å². The fourth-order valence-corrected chi connectivity index (χ4v) is 3.12. The van der Waals surface area contributed by atoms with Crippen molar-refractivity contribution in [2.75, 3.05) is 39.8 Å². The van der Waals surface area contributed by atoms with E-state index >= 15 is 0 Å². The minimum atomic E-state index is 0. The van der Waals surface area contributed by atoms with Crippen LogP contribution in [0, 0.1) is 0 Å². The van der Waals surface area contributed by atoms with Gasteiger partial charge in [-0.05, 0) is 11.6 Å². The van der Waals surface area contributed by atoms with Gasteiger partial charge >= 0.3 is 0 Å². The van der Waals surface area contributed by atoms with Gasteiger partial charge in [0.25, 0.3) is 0 Å². The van der Waals surface area contributed by atoms with Crippen LogP contribution in [0.5, 0.6) is 0 Å². The smallest absolute Gasteiger partial charge is 0.194 e. The number of hydrogen-bond acceptors (Lipinski definition) is 3. The molecule has 7 heteroatoms. The Labute approximate surface area is 179 Å². The molecule has 1 aliphatic heterocycles. The van der Waals surface area contributed by atoms with E-state index in [-0.39, 0.29) is 24.0 Å². The van der Waals surface area contributed by atoms with E-state index in [2.05, 4.69) is 61.6 Å². The summed E-state index contributed by atoms with van der Waals surface area (Å²) in [6, 6.07) is 12.5. The van der Waals surface area contributed by atoms with Gasteiger partial charge in [-0.15, -0.1) is 24.0 Å². The van der Waals surface area contributed by atoms with E-state index in [0.29, 0.717) is 0 Å². The first-order valence-electron chi connectivity index (χ1n) is 9.12. The second kappa shape index (κ2) is 11.1. The molecule has 27 heavy (non-hydrogen) atoms. The summed E-state index contributed by atoms with van der Waals surface area (Å²) in [5, 5.41) is 7.65. The van der Waals surface area contributed by atoms with Gasteiger partial charge in [0, 0.05) is 53.0 Å². The van der Waals surface area contributed by atoms with Crippen LogP contribution < -0.4 is 5.32 Å². The molecule has 6 nitrogen and oxygen atoms in total. The average molecular weight is 480 g/mol. The van der Waals surface area contributed by atoms with Gasteiger partial charge in [-0.25, -0.2) is 0 Å². The van der Waals surface area contributed by atoms with Crippen molar-refractivity contribution in [1.29, 1.82) is 0 Å². The van der Waals surface area contributed by atoms with Crippen molar-refractivity contribution < 1.29 is 0 Å². The molecule has 1 saturated heterocycles. The second-order valence-corrected chi connectivity index (χ2v) is 6.45. The molecular weight excluding hydrogens is 451 g/mol. The van der Waals surface area contributed by atoms with Crippen LogP contribution in [-0.4, -0.2) is 65.3 Å². The summed E-state index contributed by atoms with van der Waals surface area (Å²) in [7, 11) is 3.81. The van der Waals surface area contributed by atoms with Crippen LogP contribution in [0.1, 0.15) is 11.3 Å². The summed E-state index contributed by atoms with van der Waals surface area (Å²) >= 11 is 0. The van der Waals surface area contributed by atoms with E-state index in [0.717, 1.165) is 50.9 Å². The van der Waals surface area contributed by atoms with Gasteiger partial charge in [0.15, 0.2) is 5.96 Å². The fourth-order valence-electron chi connectivity index (χ4n) is 3.12. The molecule has 3 rings (SSSR count). The van der Waals surface area contributed by atoms with E-state index < -0.39 is 0 Å². The molecule has 2 heterocycles. The molecule has 1 fully saturated rings. The molecule has 1 aliphatic rings. The monoisotopic (exact) mass is 480 g/mol. The summed E-state index contributed by atoms with van der Waals surface area (Å²) in [4.78, 5) is 9.24. The maximum absolute atomic E-state index is 4.44. The Balaban J connectivity index is 0.00000261. The van der Waals surface area contributed by atoms with Gasteiger partial charge in [-0.3, -0.25) is 14.6 Å². The Morgan fingerprint density at radius 3 is 2.52 bits per heavy atom. The Hall–Kier alpha value is -1.87. The van der Waals surface area contributed by atoms with Crippen molar-refractivity contribution in [3.8, 4) is 0 Å². The number of nitrogens with one attached hydrogen (secondary N) is 1. The van der Waals surface area contributed by atoms with Crippen molar-refractivity contribution in [3.05, 3.63) is 59.9 Å². The summed E-state index contributed by atoms with van der Waals surface area (Å²) < 4.78 is 1.89. The number of guanidine groups is 1. The summed E-state index contributed by atoms with van der Waals surface area (Å²) in [6.07, 6.45) is 6.27. The molecule has 1 N–H and O–H groups in total. The highest BCUT2D eigenvalue weighted by Gasteiger charge is 2.18. The van der Waals surface area contributed by atoms with Crippen molar-refractivity contribution in [1.82, 2.24) is 24.9 Å². The lowest BCUT2D eigenvalue weighted by molar-refractivity contribution is 0.194. The highest BCUT2D eigenvalue weighted by molar-refractivity contribution is 14.0. The van der Waals surface area contributed by atoms with Crippen LogP contribution in [0.15, 0.2) is 53.7 Å². The Morgan fingerprint density at radius 2 is 1.89 bits per heavy atom. The van der Waals surface area contributed by atoms with Crippen molar-refractivity contribution >= 4 is 36.0 Å². The van der Waals surface area contributed by atoms with Gasteiger partial charge < -0.3 is 10.2 Å². The fraction of sp³-hybridized carbons (Fsp3) is 0.400. The minimum absolute atomic E-state index is 0. The first kappa shape index (κ1) is 21.4. The normalized spacial score (nSPS) is 15.8. The highest BCUT2D eigenvalue weighted by Crippen LogP contribution is 2.05. The molecular formula is C20H29IN6. The molecule has 1 aromatic heterocycles. The van der Waals surface area contributed by atoms with Gasteiger partial charge in [-0.1, -0.05) is 42.5 Å². The molecule has 0 saturated carbocycles. The van der Waals surface area contributed by atoms with E-state index in [1.165, 1.54) is 5.56 Å². The number of aliphatic imine (C=N–C) groups is 1. The SMILES string of the molecule is CN=C(NCc1ccnn1C)N1CCN(CC=Cc2ccccc2)CC1.I. The predicted molar refractivity (Wildman–Crippen MR) is 122 cm³/mol. The number of halogens is 1. The zero-order valence-electron chi connectivity index (χ0n) is 16.1. The minimum Gasteiger partial charge on any atom is -0.351 e. The zero-order valence-corrected chi connectivity index (χ0v) is 18.4. The maximum atomic E-state index is 4.44. The topological polar surface area (TPSA) is 48.7 Å². The lowest BCUT2D eigenvalue weighted by Gasteiger charge is -2.36. The highest BCUT2D eigenvalue weighted by atomic mass is 127. The van der Waals surface area contributed by atoms with Gasteiger partial charge in [0.1, 0.15) is 0 Å². The average Bonchev–Trinajstić information content (AvgIpc) is 3.09. The van der Waals surface area contributed by atoms with Gasteiger partial charge in [0.2, 0.25) is 0 Å². The van der Waals surface area contributed by atoms with Crippen molar-refractivity contribution in [2.24, 2.45) is 12.0 Å². The quantitative estimate of drug-likeness (QED) is 0.406. The summed E-state index contributed by atoms with van der Waals surface area (Å²) in [5.74, 6) is 0.964. The molecule has 146 valence electrons. The number of nitrogens with zero attached hydrogens (tertiary/aromatic N) is 5. The number of aromatic nitrogens is 2. The van der Waals surface area contributed by atoms with E-state index in [1.54, 1.807) is 0 Å². The summed E-state index contributed by atoms with van der Waals surface area (Å²) in [5.41, 5.74) is 2.40.